The molecule has 1 aliphatic heterocycles. The van der Waals surface area contributed by atoms with Crippen LogP contribution in [0, 0.1) is 5.82 Å². The summed E-state index contributed by atoms with van der Waals surface area (Å²) in [5.74, 6) is -1.12. The Hall–Kier alpha value is -2.31. The van der Waals surface area contributed by atoms with Gasteiger partial charge in [-0.05, 0) is 56.3 Å². The van der Waals surface area contributed by atoms with Crippen molar-refractivity contribution in [1.82, 2.24) is 5.32 Å². The van der Waals surface area contributed by atoms with Gasteiger partial charge in [-0.3, -0.25) is 4.79 Å². The third kappa shape index (κ3) is 4.08. The van der Waals surface area contributed by atoms with E-state index in [2.05, 4.69) is 10.6 Å². The molecule has 0 spiro atoms. The number of hydrogen-bond acceptors (Lipinski definition) is 4. The standard InChI is InChI=1S/C19H21ClFN3O2/c1-22-13-6-8-24(9-7-13)17-4-3-14(11-16(17)21)23-19(26)15-10-12(20)2-5-18(15)25/h2-5,10-11,13,22,25H,6-9H2,1H3,(H,23,26). The van der Waals surface area contributed by atoms with Crippen molar-refractivity contribution in [1.29, 1.82) is 0 Å². The molecule has 3 rings (SSSR count). The summed E-state index contributed by atoms with van der Waals surface area (Å²) in [5, 5.41) is 16.0. The number of hydrogen-bond donors (Lipinski definition) is 3. The summed E-state index contributed by atoms with van der Waals surface area (Å²) in [5.41, 5.74) is 0.889. The van der Waals surface area contributed by atoms with Crippen LogP contribution in [0.2, 0.25) is 5.02 Å². The van der Waals surface area contributed by atoms with Gasteiger partial charge >= 0.3 is 0 Å². The van der Waals surface area contributed by atoms with E-state index in [0.29, 0.717) is 22.4 Å². The molecule has 0 aromatic heterocycles. The average Bonchev–Trinajstić information content (AvgIpc) is 2.64. The zero-order valence-corrected chi connectivity index (χ0v) is 15.2. The Bertz CT molecular complexity index is 807. The summed E-state index contributed by atoms with van der Waals surface area (Å²) in [7, 11) is 1.94. The van der Waals surface area contributed by atoms with Crippen molar-refractivity contribution in [2.45, 2.75) is 18.9 Å². The van der Waals surface area contributed by atoms with Crippen molar-refractivity contribution in [3.05, 3.63) is 52.8 Å². The first-order valence-electron chi connectivity index (χ1n) is 8.49. The van der Waals surface area contributed by atoms with Crippen LogP contribution < -0.4 is 15.5 Å². The number of anilines is 2. The van der Waals surface area contributed by atoms with Crippen molar-refractivity contribution in [3.63, 3.8) is 0 Å². The van der Waals surface area contributed by atoms with Gasteiger partial charge in [0.05, 0.1) is 11.3 Å². The summed E-state index contributed by atoms with van der Waals surface area (Å²) in [4.78, 5) is 14.3. The Morgan fingerprint density at radius 2 is 1.96 bits per heavy atom. The first-order chi connectivity index (χ1) is 12.5. The molecule has 26 heavy (non-hydrogen) atoms. The lowest BCUT2D eigenvalue weighted by Crippen LogP contribution is -2.41. The Balaban J connectivity index is 1.71. The molecule has 1 fully saturated rings. The third-order valence-electron chi connectivity index (χ3n) is 4.65. The van der Waals surface area contributed by atoms with E-state index in [1.807, 2.05) is 11.9 Å². The fourth-order valence-corrected chi connectivity index (χ4v) is 3.31. The minimum absolute atomic E-state index is 0.0381. The predicted molar refractivity (Wildman–Crippen MR) is 102 cm³/mol. The molecule has 0 bridgehead atoms. The lowest BCUT2D eigenvalue weighted by atomic mass is 10.0. The number of nitrogens with zero attached hydrogens (tertiary/aromatic N) is 1. The zero-order chi connectivity index (χ0) is 18.7. The summed E-state index contributed by atoms with van der Waals surface area (Å²) >= 11 is 5.86. The quantitative estimate of drug-likeness (QED) is 0.761. The fraction of sp³-hybridized carbons (Fsp3) is 0.316. The molecule has 0 aliphatic carbocycles. The first kappa shape index (κ1) is 18.5. The van der Waals surface area contributed by atoms with E-state index in [4.69, 9.17) is 11.6 Å². The number of phenols is 1. The van der Waals surface area contributed by atoms with Crippen LogP contribution in [-0.4, -0.2) is 37.2 Å². The Kier molecular flexibility index (Phi) is 5.64. The molecule has 3 N–H and O–H groups in total. The molecular weight excluding hydrogens is 357 g/mol. The van der Waals surface area contributed by atoms with Gasteiger partial charge in [0, 0.05) is 29.8 Å². The highest BCUT2D eigenvalue weighted by Gasteiger charge is 2.20. The number of amides is 1. The number of aromatic hydroxyl groups is 1. The Labute approximate surface area is 156 Å². The smallest absolute Gasteiger partial charge is 0.259 e. The van der Waals surface area contributed by atoms with E-state index in [0.717, 1.165) is 25.9 Å². The second-order valence-corrected chi connectivity index (χ2v) is 6.77. The minimum Gasteiger partial charge on any atom is -0.507 e. The second-order valence-electron chi connectivity index (χ2n) is 6.33. The minimum atomic E-state index is -0.549. The SMILES string of the molecule is CNC1CCN(c2ccc(NC(=O)c3cc(Cl)ccc3O)cc2F)CC1. The van der Waals surface area contributed by atoms with Crippen LogP contribution >= 0.6 is 11.6 Å². The van der Waals surface area contributed by atoms with Gasteiger partial charge in [0.25, 0.3) is 5.91 Å². The van der Waals surface area contributed by atoms with Crippen molar-refractivity contribution in [2.24, 2.45) is 0 Å². The maximum atomic E-state index is 14.5. The molecule has 1 amide bonds. The second kappa shape index (κ2) is 7.93. The summed E-state index contributed by atoms with van der Waals surface area (Å²) in [6.07, 6.45) is 1.92. The first-order valence-corrected chi connectivity index (χ1v) is 8.87. The molecule has 0 saturated carbocycles. The number of rotatable bonds is 4. The highest BCUT2D eigenvalue weighted by Crippen LogP contribution is 2.27. The van der Waals surface area contributed by atoms with Crippen molar-refractivity contribution < 1.29 is 14.3 Å². The molecule has 7 heteroatoms. The molecule has 138 valence electrons. The van der Waals surface area contributed by atoms with Gasteiger partial charge in [-0.25, -0.2) is 4.39 Å². The molecule has 2 aromatic rings. The van der Waals surface area contributed by atoms with Crippen LogP contribution in [0.25, 0.3) is 0 Å². The maximum Gasteiger partial charge on any atom is 0.259 e. The van der Waals surface area contributed by atoms with Gasteiger partial charge in [-0.2, -0.15) is 0 Å². The molecular formula is C19H21ClFN3O2. The summed E-state index contributed by atoms with van der Waals surface area (Å²) in [6.45, 7) is 1.56. The van der Waals surface area contributed by atoms with E-state index in [1.165, 1.54) is 24.3 Å². The number of carbonyl (C=O) groups is 1. The Morgan fingerprint density at radius 1 is 1.23 bits per heavy atom. The largest absolute Gasteiger partial charge is 0.507 e. The molecule has 0 unspecified atom stereocenters. The molecule has 5 nitrogen and oxygen atoms in total. The number of nitrogens with one attached hydrogen (secondary N) is 2. The van der Waals surface area contributed by atoms with Crippen molar-refractivity contribution in [3.8, 4) is 5.75 Å². The van der Waals surface area contributed by atoms with E-state index >= 15 is 0 Å². The molecule has 0 atom stereocenters. The van der Waals surface area contributed by atoms with Crippen LogP contribution in [0.15, 0.2) is 36.4 Å². The van der Waals surface area contributed by atoms with Crippen LogP contribution in [0.3, 0.4) is 0 Å². The Morgan fingerprint density at radius 3 is 2.62 bits per heavy atom. The van der Waals surface area contributed by atoms with Gasteiger partial charge < -0.3 is 20.6 Å². The zero-order valence-electron chi connectivity index (χ0n) is 14.4. The van der Waals surface area contributed by atoms with Crippen molar-refractivity contribution >= 4 is 28.9 Å². The number of phenolic OH excluding ortho intramolecular Hbond substituents is 1. The fourth-order valence-electron chi connectivity index (χ4n) is 3.14. The van der Waals surface area contributed by atoms with Gasteiger partial charge in [0.2, 0.25) is 0 Å². The van der Waals surface area contributed by atoms with Crippen LogP contribution in [-0.2, 0) is 0 Å². The van der Waals surface area contributed by atoms with Gasteiger partial charge in [0.15, 0.2) is 0 Å². The van der Waals surface area contributed by atoms with E-state index in [1.54, 1.807) is 12.1 Å². The molecule has 1 saturated heterocycles. The van der Waals surface area contributed by atoms with Gasteiger partial charge in [-0.1, -0.05) is 11.6 Å². The van der Waals surface area contributed by atoms with Crippen LogP contribution in [0.4, 0.5) is 15.8 Å². The lowest BCUT2D eigenvalue weighted by Gasteiger charge is -2.33. The topological polar surface area (TPSA) is 64.6 Å². The predicted octanol–water partition coefficient (Wildman–Crippen LogP) is 3.63. The summed E-state index contributed by atoms with van der Waals surface area (Å²) < 4.78 is 14.5. The molecule has 2 aromatic carbocycles. The van der Waals surface area contributed by atoms with Crippen molar-refractivity contribution in [2.75, 3.05) is 30.4 Å². The number of piperidine rings is 1. The number of benzene rings is 2. The van der Waals surface area contributed by atoms with Gasteiger partial charge in [0.1, 0.15) is 11.6 Å². The third-order valence-corrected chi connectivity index (χ3v) is 4.89. The monoisotopic (exact) mass is 377 g/mol. The highest BCUT2D eigenvalue weighted by molar-refractivity contribution is 6.31. The highest BCUT2D eigenvalue weighted by atomic mass is 35.5. The normalized spacial score (nSPS) is 15.1. The van der Waals surface area contributed by atoms with E-state index in [9.17, 15) is 14.3 Å². The van der Waals surface area contributed by atoms with Crippen LogP contribution in [0.5, 0.6) is 5.75 Å². The van der Waals surface area contributed by atoms with E-state index < -0.39 is 5.91 Å². The maximum absolute atomic E-state index is 14.5. The van der Waals surface area contributed by atoms with E-state index in [-0.39, 0.29) is 17.1 Å². The molecule has 0 radical (unpaired) electrons. The van der Waals surface area contributed by atoms with Gasteiger partial charge in [-0.15, -0.1) is 0 Å². The average molecular weight is 378 g/mol. The molecule has 1 heterocycles. The summed E-state index contributed by atoms with van der Waals surface area (Å²) in [6, 6.07) is 9.28. The lowest BCUT2D eigenvalue weighted by molar-refractivity contribution is 0.102. The molecule has 1 aliphatic rings. The number of carbonyl (C=O) groups excluding carboxylic acids is 1. The van der Waals surface area contributed by atoms with Crippen LogP contribution in [0.1, 0.15) is 23.2 Å². The number of halogens is 2.